The smallest absolute Gasteiger partial charge is 0.316 e. The lowest BCUT2D eigenvalue weighted by atomic mass is 10.2. The van der Waals surface area contributed by atoms with E-state index in [2.05, 4.69) is 10.4 Å². The van der Waals surface area contributed by atoms with Crippen LogP contribution in [-0.4, -0.2) is 22.9 Å². The van der Waals surface area contributed by atoms with Gasteiger partial charge in [-0.2, -0.15) is 18.3 Å². The molecule has 1 unspecified atom stereocenters. The van der Waals surface area contributed by atoms with Gasteiger partial charge in [0, 0.05) is 12.1 Å². The van der Waals surface area contributed by atoms with Gasteiger partial charge in [0.15, 0.2) is 0 Å². The second-order valence-corrected chi connectivity index (χ2v) is 5.86. The molecular formula is C15H13F4N3. The monoisotopic (exact) mass is 311 g/mol. The van der Waals surface area contributed by atoms with E-state index in [0.29, 0.717) is 17.8 Å². The van der Waals surface area contributed by atoms with Crippen LogP contribution in [-0.2, 0) is 6.18 Å². The third-order valence-electron chi connectivity index (χ3n) is 4.56. The normalized spacial score (nSPS) is 27.0. The van der Waals surface area contributed by atoms with Gasteiger partial charge in [0.05, 0.1) is 16.9 Å². The summed E-state index contributed by atoms with van der Waals surface area (Å²) in [6.07, 6.45) is -3.08. The Morgan fingerprint density at radius 1 is 1.14 bits per heavy atom. The number of aromatic nitrogens is 2. The largest absolute Gasteiger partial charge is 0.419 e. The van der Waals surface area contributed by atoms with Crippen molar-refractivity contribution < 1.29 is 17.6 Å². The molecule has 2 fully saturated rings. The molecule has 1 saturated carbocycles. The lowest BCUT2D eigenvalue weighted by Crippen LogP contribution is -2.14. The highest BCUT2D eigenvalue weighted by molar-refractivity contribution is 5.38. The van der Waals surface area contributed by atoms with Crippen molar-refractivity contribution in [1.82, 2.24) is 15.1 Å². The Kier molecular flexibility index (Phi) is 2.84. The van der Waals surface area contributed by atoms with Crippen LogP contribution in [0.3, 0.4) is 0 Å². The highest BCUT2D eigenvalue weighted by Gasteiger charge is 2.54. The molecule has 1 N–H and O–H groups in total. The van der Waals surface area contributed by atoms with Crippen LogP contribution >= 0.6 is 0 Å². The van der Waals surface area contributed by atoms with Crippen molar-refractivity contribution in [3.8, 4) is 5.69 Å². The van der Waals surface area contributed by atoms with Crippen LogP contribution in [0.25, 0.3) is 5.69 Å². The summed E-state index contributed by atoms with van der Waals surface area (Å²) < 4.78 is 53.0. The van der Waals surface area contributed by atoms with Crippen LogP contribution in [0, 0.1) is 17.7 Å². The highest BCUT2D eigenvalue weighted by Crippen LogP contribution is 2.55. The molecule has 2 heterocycles. The number of hydrogen-bond donors (Lipinski definition) is 1. The number of fused-ring (bicyclic) bond motifs is 1. The van der Waals surface area contributed by atoms with E-state index in [4.69, 9.17) is 0 Å². The molecule has 4 rings (SSSR count). The molecule has 3 nitrogen and oxygen atoms in total. The van der Waals surface area contributed by atoms with E-state index >= 15 is 0 Å². The maximum absolute atomic E-state index is 13.3. The average Bonchev–Trinajstić information content (AvgIpc) is 2.87. The number of benzene rings is 1. The predicted molar refractivity (Wildman–Crippen MR) is 71.1 cm³/mol. The molecule has 1 saturated heterocycles. The van der Waals surface area contributed by atoms with Gasteiger partial charge in [-0.25, -0.2) is 9.07 Å². The molecule has 2 aliphatic rings. The molecule has 0 spiro atoms. The lowest BCUT2D eigenvalue weighted by Gasteiger charge is -2.10. The van der Waals surface area contributed by atoms with Gasteiger partial charge < -0.3 is 5.32 Å². The second kappa shape index (κ2) is 4.55. The topological polar surface area (TPSA) is 29.9 Å². The van der Waals surface area contributed by atoms with E-state index < -0.39 is 17.6 Å². The van der Waals surface area contributed by atoms with Crippen molar-refractivity contribution in [2.24, 2.45) is 11.8 Å². The van der Waals surface area contributed by atoms with Gasteiger partial charge in [0.1, 0.15) is 5.82 Å². The van der Waals surface area contributed by atoms with Crippen molar-refractivity contribution in [2.45, 2.75) is 12.1 Å². The van der Waals surface area contributed by atoms with Gasteiger partial charge in [-0.3, -0.25) is 0 Å². The van der Waals surface area contributed by atoms with Crippen molar-refractivity contribution in [1.29, 1.82) is 0 Å². The number of piperidine rings is 1. The maximum atomic E-state index is 13.3. The van der Waals surface area contributed by atoms with Crippen molar-refractivity contribution in [3.63, 3.8) is 0 Å². The first kappa shape index (κ1) is 13.8. The van der Waals surface area contributed by atoms with Gasteiger partial charge in [-0.05, 0) is 49.2 Å². The summed E-state index contributed by atoms with van der Waals surface area (Å²) in [4.78, 5) is 0. The van der Waals surface area contributed by atoms with Crippen LogP contribution < -0.4 is 5.32 Å². The summed E-state index contributed by atoms with van der Waals surface area (Å²) in [7, 11) is 0. The van der Waals surface area contributed by atoms with Crippen molar-refractivity contribution >= 4 is 0 Å². The Bertz CT molecular complexity index is 712. The Morgan fingerprint density at radius 3 is 2.55 bits per heavy atom. The van der Waals surface area contributed by atoms with Gasteiger partial charge in [0.25, 0.3) is 0 Å². The van der Waals surface area contributed by atoms with E-state index in [1.807, 2.05) is 6.07 Å². The molecule has 116 valence electrons. The van der Waals surface area contributed by atoms with Gasteiger partial charge in [0.2, 0.25) is 0 Å². The zero-order chi connectivity index (χ0) is 15.5. The number of nitrogens with one attached hydrogen (secondary N) is 1. The van der Waals surface area contributed by atoms with Crippen molar-refractivity contribution in [3.05, 3.63) is 47.5 Å². The Balaban J connectivity index is 1.64. The fraction of sp³-hybridized carbons (Fsp3) is 0.400. The summed E-state index contributed by atoms with van der Waals surface area (Å²) >= 11 is 0. The average molecular weight is 311 g/mol. The summed E-state index contributed by atoms with van der Waals surface area (Å²) in [6.45, 7) is 1.94. The van der Waals surface area contributed by atoms with Crippen LogP contribution in [0.5, 0.6) is 0 Å². The first-order chi connectivity index (χ1) is 10.4. The number of nitrogens with zero attached hydrogens (tertiary/aromatic N) is 2. The Hall–Kier alpha value is -1.89. The van der Waals surface area contributed by atoms with E-state index in [1.165, 1.54) is 10.7 Å². The highest BCUT2D eigenvalue weighted by atomic mass is 19.4. The zero-order valence-electron chi connectivity index (χ0n) is 11.4. The fourth-order valence-electron chi connectivity index (χ4n) is 3.39. The van der Waals surface area contributed by atoms with Crippen molar-refractivity contribution in [2.75, 3.05) is 13.1 Å². The van der Waals surface area contributed by atoms with E-state index in [-0.39, 0.29) is 5.69 Å². The zero-order valence-corrected chi connectivity index (χ0v) is 11.4. The lowest BCUT2D eigenvalue weighted by molar-refractivity contribution is -0.140. The minimum Gasteiger partial charge on any atom is -0.316 e. The van der Waals surface area contributed by atoms with Crippen LogP contribution in [0.2, 0.25) is 0 Å². The summed E-state index contributed by atoms with van der Waals surface area (Å²) in [5.74, 6) is 0.293. The summed E-state index contributed by atoms with van der Waals surface area (Å²) in [5, 5.41) is 7.67. The molecule has 7 heteroatoms. The standard InChI is InChI=1S/C15H13F4N3/c16-12-2-1-8(5-11(12)15(17,18)19)22-4-3-13(21-22)14-9-6-20-7-10(9)14/h1-5,9-10,14,20H,6-7H2/t9-,10+,14?. The number of rotatable bonds is 2. The summed E-state index contributed by atoms with van der Waals surface area (Å²) in [6, 6.07) is 4.76. The first-order valence-corrected chi connectivity index (χ1v) is 7.08. The molecule has 2 aromatic rings. The maximum Gasteiger partial charge on any atom is 0.419 e. The molecule has 3 atom stereocenters. The van der Waals surface area contributed by atoms with Gasteiger partial charge in [-0.1, -0.05) is 0 Å². The van der Waals surface area contributed by atoms with Gasteiger partial charge >= 0.3 is 6.18 Å². The third-order valence-corrected chi connectivity index (χ3v) is 4.56. The minimum atomic E-state index is -4.71. The number of halogens is 4. The van der Waals surface area contributed by atoms with Crippen LogP contribution in [0.4, 0.5) is 17.6 Å². The molecule has 0 bridgehead atoms. The van der Waals surface area contributed by atoms with E-state index in [9.17, 15) is 17.6 Å². The SMILES string of the molecule is Fc1ccc(-n2ccc(C3[C@H]4CNC[C@@H]34)n2)cc1C(F)(F)F. The molecule has 22 heavy (non-hydrogen) atoms. The minimum absolute atomic E-state index is 0.212. The van der Waals surface area contributed by atoms with E-state index in [1.54, 1.807) is 6.20 Å². The fourth-order valence-corrected chi connectivity index (χ4v) is 3.39. The Labute approximate surface area is 123 Å². The van der Waals surface area contributed by atoms with Crippen LogP contribution in [0.1, 0.15) is 17.2 Å². The second-order valence-electron chi connectivity index (χ2n) is 5.86. The number of hydrogen-bond acceptors (Lipinski definition) is 2. The Morgan fingerprint density at radius 2 is 1.86 bits per heavy atom. The first-order valence-electron chi connectivity index (χ1n) is 7.08. The predicted octanol–water partition coefficient (Wildman–Crippen LogP) is 2.96. The van der Waals surface area contributed by atoms with Gasteiger partial charge in [-0.15, -0.1) is 0 Å². The quantitative estimate of drug-likeness (QED) is 0.864. The summed E-state index contributed by atoms with van der Waals surface area (Å²) in [5.41, 5.74) is -0.159. The number of alkyl halides is 3. The molecule has 1 aliphatic heterocycles. The molecule has 0 amide bonds. The molecule has 1 aromatic carbocycles. The molecule has 1 aromatic heterocycles. The third kappa shape index (κ3) is 2.11. The molecule has 0 radical (unpaired) electrons. The molecular weight excluding hydrogens is 298 g/mol. The van der Waals surface area contributed by atoms with E-state index in [0.717, 1.165) is 30.9 Å². The molecule has 1 aliphatic carbocycles. The van der Waals surface area contributed by atoms with Crippen LogP contribution in [0.15, 0.2) is 30.5 Å².